The van der Waals surface area contributed by atoms with E-state index in [-0.39, 0.29) is 6.54 Å². The Labute approximate surface area is 119 Å². The molecule has 8 heteroatoms. The zero-order chi connectivity index (χ0) is 15.4. The number of fused-ring (bicyclic) bond motifs is 1. The second-order valence-corrected chi connectivity index (χ2v) is 4.50. The summed E-state index contributed by atoms with van der Waals surface area (Å²) in [5, 5.41) is 12.9. The molecule has 1 heterocycles. The van der Waals surface area contributed by atoms with Gasteiger partial charge in [-0.05, 0) is 24.1 Å². The van der Waals surface area contributed by atoms with Gasteiger partial charge < -0.3 is 15.7 Å². The fourth-order valence-electron chi connectivity index (χ4n) is 2.05. The number of aliphatic carboxylic acids is 1. The molecular formula is C13H14FN3O4. The highest BCUT2D eigenvalue weighted by Gasteiger charge is 2.25. The van der Waals surface area contributed by atoms with Crippen molar-refractivity contribution in [2.45, 2.75) is 6.42 Å². The maximum atomic E-state index is 13.2. The number of nitrogens with one attached hydrogen (secondary N) is 2. The average Bonchev–Trinajstić information content (AvgIpc) is 2.85. The first-order valence-electron chi connectivity index (χ1n) is 6.29. The van der Waals surface area contributed by atoms with Crippen molar-refractivity contribution in [1.29, 1.82) is 0 Å². The first kappa shape index (κ1) is 14.8. The lowest BCUT2D eigenvalue weighted by atomic mass is 10.2. The molecule has 2 rings (SSSR count). The van der Waals surface area contributed by atoms with Gasteiger partial charge in [0.2, 0.25) is 5.91 Å². The Balaban J connectivity index is 1.90. The van der Waals surface area contributed by atoms with Crippen molar-refractivity contribution in [2.75, 3.05) is 24.5 Å². The Morgan fingerprint density at radius 3 is 2.71 bits per heavy atom. The third kappa shape index (κ3) is 3.68. The SMILES string of the molecule is O=C(O)CNC(=O)CNC(=O)N1CCc2ccc(F)cc21. The maximum absolute atomic E-state index is 13.2. The molecule has 0 radical (unpaired) electrons. The molecule has 0 saturated heterocycles. The van der Waals surface area contributed by atoms with E-state index >= 15 is 0 Å². The lowest BCUT2D eigenvalue weighted by Crippen LogP contribution is -2.44. The summed E-state index contributed by atoms with van der Waals surface area (Å²) in [7, 11) is 0. The van der Waals surface area contributed by atoms with Crippen LogP contribution in [0.1, 0.15) is 5.56 Å². The minimum atomic E-state index is -1.17. The summed E-state index contributed by atoms with van der Waals surface area (Å²) in [5.41, 5.74) is 1.35. The minimum absolute atomic E-state index is 0.340. The third-order valence-corrected chi connectivity index (χ3v) is 3.02. The van der Waals surface area contributed by atoms with Gasteiger partial charge in [-0.2, -0.15) is 0 Å². The standard InChI is InChI=1S/C13H14FN3O4/c14-9-2-1-8-3-4-17(10(8)5-9)13(21)16-6-11(18)15-7-12(19)20/h1-2,5H,3-4,6-7H2,(H,15,18)(H,16,21)(H,19,20). The molecule has 1 aliphatic heterocycles. The number of carbonyl (C=O) groups excluding carboxylic acids is 2. The van der Waals surface area contributed by atoms with Crippen LogP contribution in [0.15, 0.2) is 18.2 Å². The summed E-state index contributed by atoms with van der Waals surface area (Å²) >= 11 is 0. The van der Waals surface area contributed by atoms with Crippen LogP contribution in [0.3, 0.4) is 0 Å². The summed E-state index contributed by atoms with van der Waals surface area (Å²) in [6.07, 6.45) is 0.619. The van der Waals surface area contributed by atoms with Gasteiger partial charge in [-0.25, -0.2) is 9.18 Å². The van der Waals surface area contributed by atoms with Gasteiger partial charge in [-0.15, -0.1) is 0 Å². The van der Waals surface area contributed by atoms with Gasteiger partial charge in [0.1, 0.15) is 12.4 Å². The highest BCUT2D eigenvalue weighted by atomic mass is 19.1. The van der Waals surface area contributed by atoms with E-state index in [1.807, 2.05) is 0 Å². The van der Waals surface area contributed by atoms with E-state index in [4.69, 9.17) is 5.11 Å². The Kier molecular flexibility index (Phi) is 4.36. The largest absolute Gasteiger partial charge is 0.480 e. The summed E-state index contributed by atoms with van der Waals surface area (Å²) in [5.74, 6) is -2.21. The molecule has 1 aromatic carbocycles. The van der Waals surface area contributed by atoms with Crippen LogP contribution in [-0.2, 0) is 16.0 Å². The van der Waals surface area contributed by atoms with Crippen LogP contribution in [-0.4, -0.2) is 42.6 Å². The maximum Gasteiger partial charge on any atom is 0.322 e. The van der Waals surface area contributed by atoms with Crippen LogP contribution < -0.4 is 15.5 Å². The van der Waals surface area contributed by atoms with Gasteiger partial charge in [0.25, 0.3) is 0 Å². The summed E-state index contributed by atoms with van der Waals surface area (Å²) in [6, 6.07) is 3.70. The number of carbonyl (C=O) groups is 3. The molecule has 0 bridgehead atoms. The molecule has 7 nitrogen and oxygen atoms in total. The van der Waals surface area contributed by atoms with Gasteiger partial charge in [-0.1, -0.05) is 6.07 Å². The molecule has 0 aliphatic carbocycles. The summed E-state index contributed by atoms with van der Waals surface area (Å²) in [6.45, 7) is -0.443. The highest BCUT2D eigenvalue weighted by molar-refractivity contribution is 5.96. The molecule has 3 N–H and O–H groups in total. The molecule has 0 spiro atoms. The molecule has 1 aromatic rings. The quantitative estimate of drug-likeness (QED) is 0.733. The van der Waals surface area contributed by atoms with Crippen molar-refractivity contribution >= 4 is 23.6 Å². The van der Waals surface area contributed by atoms with E-state index in [1.54, 1.807) is 6.07 Å². The van der Waals surface area contributed by atoms with E-state index in [9.17, 15) is 18.8 Å². The Bertz CT molecular complexity index is 591. The summed E-state index contributed by atoms with van der Waals surface area (Å²) in [4.78, 5) is 34.9. The topological polar surface area (TPSA) is 98.7 Å². The first-order chi connectivity index (χ1) is 9.97. The molecular weight excluding hydrogens is 281 g/mol. The summed E-state index contributed by atoms with van der Waals surface area (Å²) < 4.78 is 13.2. The lowest BCUT2D eigenvalue weighted by molar-refractivity contribution is -0.137. The van der Waals surface area contributed by atoms with Gasteiger partial charge >= 0.3 is 12.0 Å². The molecule has 0 fully saturated rings. The molecule has 3 amide bonds. The van der Waals surface area contributed by atoms with Crippen molar-refractivity contribution in [1.82, 2.24) is 10.6 Å². The molecule has 0 atom stereocenters. The number of nitrogens with zero attached hydrogens (tertiary/aromatic N) is 1. The van der Waals surface area contributed by atoms with Gasteiger partial charge in [-0.3, -0.25) is 14.5 Å². The van der Waals surface area contributed by atoms with Crippen molar-refractivity contribution in [3.05, 3.63) is 29.6 Å². The molecule has 0 unspecified atom stereocenters. The Hall–Kier alpha value is -2.64. The number of hydrogen-bond acceptors (Lipinski definition) is 3. The monoisotopic (exact) mass is 295 g/mol. The van der Waals surface area contributed by atoms with Gasteiger partial charge in [0.05, 0.1) is 12.2 Å². The van der Waals surface area contributed by atoms with E-state index in [2.05, 4.69) is 10.6 Å². The van der Waals surface area contributed by atoms with Crippen LogP contribution in [0.4, 0.5) is 14.9 Å². The van der Waals surface area contributed by atoms with E-state index in [0.717, 1.165) is 5.56 Å². The molecule has 0 saturated carbocycles. The number of amides is 3. The Morgan fingerprint density at radius 1 is 1.24 bits per heavy atom. The zero-order valence-corrected chi connectivity index (χ0v) is 11.1. The Morgan fingerprint density at radius 2 is 2.00 bits per heavy atom. The minimum Gasteiger partial charge on any atom is -0.480 e. The van der Waals surface area contributed by atoms with Crippen LogP contribution in [0.5, 0.6) is 0 Å². The van der Waals surface area contributed by atoms with Crippen LogP contribution in [0.25, 0.3) is 0 Å². The predicted molar refractivity (Wildman–Crippen MR) is 71.5 cm³/mol. The number of benzene rings is 1. The number of hydrogen-bond donors (Lipinski definition) is 3. The normalized spacial score (nSPS) is 12.7. The van der Waals surface area contributed by atoms with Crippen molar-refractivity contribution < 1.29 is 23.9 Å². The smallest absolute Gasteiger partial charge is 0.322 e. The van der Waals surface area contributed by atoms with Crippen LogP contribution >= 0.6 is 0 Å². The van der Waals surface area contributed by atoms with Crippen molar-refractivity contribution in [2.24, 2.45) is 0 Å². The van der Waals surface area contributed by atoms with E-state index in [0.29, 0.717) is 18.7 Å². The number of carboxylic acid groups (broad SMARTS) is 1. The second kappa shape index (κ2) is 6.21. The van der Waals surface area contributed by atoms with E-state index in [1.165, 1.54) is 17.0 Å². The fourth-order valence-corrected chi connectivity index (χ4v) is 2.05. The fraction of sp³-hybridized carbons (Fsp3) is 0.308. The van der Waals surface area contributed by atoms with Gasteiger partial charge in [0.15, 0.2) is 0 Å². The number of halogens is 1. The molecule has 112 valence electrons. The lowest BCUT2D eigenvalue weighted by Gasteiger charge is -2.17. The third-order valence-electron chi connectivity index (χ3n) is 3.02. The second-order valence-electron chi connectivity index (χ2n) is 4.50. The molecule has 0 aromatic heterocycles. The van der Waals surface area contributed by atoms with Crippen molar-refractivity contribution in [3.8, 4) is 0 Å². The number of anilines is 1. The first-order valence-corrected chi connectivity index (χ1v) is 6.29. The average molecular weight is 295 g/mol. The van der Waals surface area contributed by atoms with Crippen LogP contribution in [0, 0.1) is 5.82 Å². The molecule has 21 heavy (non-hydrogen) atoms. The van der Waals surface area contributed by atoms with Crippen molar-refractivity contribution in [3.63, 3.8) is 0 Å². The highest BCUT2D eigenvalue weighted by Crippen LogP contribution is 2.28. The predicted octanol–water partition coefficient (Wildman–Crippen LogP) is 0.0986. The van der Waals surface area contributed by atoms with Gasteiger partial charge in [0, 0.05) is 6.54 Å². The molecule has 1 aliphatic rings. The number of urea groups is 1. The van der Waals surface area contributed by atoms with Crippen LogP contribution in [0.2, 0.25) is 0 Å². The van der Waals surface area contributed by atoms with E-state index < -0.39 is 30.3 Å². The zero-order valence-electron chi connectivity index (χ0n) is 11.1. The number of rotatable bonds is 4. The number of carboxylic acids is 1.